The molecule has 0 fully saturated rings. The second-order valence-electron chi connectivity index (χ2n) is 10.3. The minimum atomic E-state index is -0.628. The standard InChI is InChI=1S/C36H31N3O4S3/c1-22-12-14-25(15-13-22)30-21-45-34(31(30)35(42)43-3)39-33(41)32(26-8-5-4-6-9-26)46-29-11-7-10-28(20-29)38-36(44)37-27-18-16-24(17-19-27)23(2)40/h4-21,32H,1-3H3,(H,39,41)(H2,37,38,44). The second kappa shape index (κ2) is 15.0. The molecular weight excluding hydrogens is 635 g/mol. The molecule has 7 nitrogen and oxygen atoms in total. The van der Waals surface area contributed by atoms with Gasteiger partial charge in [-0.15, -0.1) is 23.1 Å². The van der Waals surface area contributed by atoms with E-state index < -0.39 is 11.2 Å². The number of ketones is 1. The first-order chi connectivity index (χ1) is 22.2. The summed E-state index contributed by atoms with van der Waals surface area (Å²) < 4.78 is 5.12. The monoisotopic (exact) mass is 665 g/mol. The molecule has 0 aliphatic rings. The zero-order valence-electron chi connectivity index (χ0n) is 25.3. The van der Waals surface area contributed by atoms with Gasteiger partial charge in [0.05, 0.1) is 7.11 Å². The van der Waals surface area contributed by atoms with Crippen molar-refractivity contribution in [1.82, 2.24) is 0 Å². The summed E-state index contributed by atoms with van der Waals surface area (Å²) in [5.74, 6) is -0.798. The number of thioether (sulfide) groups is 1. The van der Waals surface area contributed by atoms with Crippen LogP contribution in [0.25, 0.3) is 11.1 Å². The van der Waals surface area contributed by atoms with E-state index in [1.54, 1.807) is 24.3 Å². The van der Waals surface area contributed by atoms with Gasteiger partial charge in [-0.05, 0) is 79.7 Å². The molecule has 0 bridgehead atoms. The van der Waals surface area contributed by atoms with E-state index in [2.05, 4.69) is 16.0 Å². The van der Waals surface area contributed by atoms with E-state index in [0.717, 1.165) is 33.0 Å². The van der Waals surface area contributed by atoms with Gasteiger partial charge in [-0.1, -0.05) is 66.2 Å². The Bertz CT molecular complexity index is 1870. The number of esters is 1. The summed E-state index contributed by atoms with van der Waals surface area (Å²) in [5, 5.41) is 11.4. The first kappa shape index (κ1) is 32.6. The highest BCUT2D eigenvalue weighted by atomic mass is 32.2. The SMILES string of the molecule is COC(=O)c1c(-c2ccc(C)cc2)csc1NC(=O)C(Sc1cccc(NC(=S)Nc2ccc(C(C)=O)cc2)c1)c1ccccc1. The third-order valence-electron chi connectivity index (χ3n) is 7.02. The summed E-state index contributed by atoms with van der Waals surface area (Å²) in [4.78, 5) is 39.3. The van der Waals surface area contributed by atoms with Gasteiger partial charge in [-0.3, -0.25) is 9.59 Å². The maximum atomic E-state index is 14.0. The van der Waals surface area contributed by atoms with Gasteiger partial charge < -0.3 is 20.7 Å². The lowest BCUT2D eigenvalue weighted by Crippen LogP contribution is -2.20. The fourth-order valence-corrected chi connectivity index (χ4v) is 6.92. The minimum Gasteiger partial charge on any atom is -0.465 e. The van der Waals surface area contributed by atoms with Gasteiger partial charge in [0.2, 0.25) is 5.91 Å². The molecule has 1 unspecified atom stereocenters. The Kier molecular flexibility index (Phi) is 10.6. The molecule has 5 aromatic rings. The molecule has 0 saturated carbocycles. The first-order valence-corrected chi connectivity index (χ1v) is 16.5. The second-order valence-corrected chi connectivity index (χ2v) is 12.8. The van der Waals surface area contributed by atoms with Crippen LogP contribution >= 0.6 is 35.3 Å². The minimum absolute atomic E-state index is 0.00431. The lowest BCUT2D eigenvalue weighted by atomic mass is 10.0. The van der Waals surface area contributed by atoms with Crippen molar-refractivity contribution in [2.45, 2.75) is 24.0 Å². The van der Waals surface area contributed by atoms with Crippen LogP contribution in [0.2, 0.25) is 0 Å². The van der Waals surface area contributed by atoms with E-state index in [1.807, 2.05) is 91.2 Å². The van der Waals surface area contributed by atoms with Gasteiger partial charge in [0.15, 0.2) is 10.9 Å². The molecule has 0 aliphatic heterocycles. The predicted octanol–water partition coefficient (Wildman–Crippen LogP) is 8.99. The van der Waals surface area contributed by atoms with Crippen LogP contribution in [0.5, 0.6) is 0 Å². The summed E-state index contributed by atoms with van der Waals surface area (Å²) in [6, 6.07) is 32.0. The van der Waals surface area contributed by atoms with Crippen LogP contribution in [0.1, 0.15) is 44.0 Å². The van der Waals surface area contributed by atoms with Gasteiger partial charge in [-0.25, -0.2) is 4.79 Å². The molecule has 1 heterocycles. The molecule has 232 valence electrons. The van der Waals surface area contributed by atoms with Crippen LogP contribution in [0.4, 0.5) is 16.4 Å². The summed E-state index contributed by atoms with van der Waals surface area (Å²) in [5.41, 5.74) is 5.92. The zero-order chi connectivity index (χ0) is 32.6. The number of aryl methyl sites for hydroxylation is 1. The van der Waals surface area contributed by atoms with E-state index in [4.69, 9.17) is 17.0 Å². The third kappa shape index (κ3) is 8.08. The average Bonchev–Trinajstić information content (AvgIpc) is 3.47. The molecule has 0 saturated heterocycles. The quantitative estimate of drug-likeness (QED) is 0.0589. The number of thiocarbonyl (C=S) groups is 1. The van der Waals surface area contributed by atoms with Crippen molar-refractivity contribution >= 4 is 74.5 Å². The molecule has 10 heteroatoms. The normalized spacial score (nSPS) is 11.3. The number of methoxy groups -OCH3 is 1. The number of Topliss-reactive ketones (excluding diaryl/α,β-unsaturated/α-hetero) is 1. The smallest absolute Gasteiger partial charge is 0.341 e. The van der Waals surface area contributed by atoms with Gasteiger partial charge in [-0.2, -0.15) is 0 Å². The van der Waals surface area contributed by atoms with E-state index in [9.17, 15) is 14.4 Å². The van der Waals surface area contributed by atoms with Crippen molar-refractivity contribution in [1.29, 1.82) is 0 Å². The predicted molar refractivity (Wildman–Crippen MR) is 192 cm³/mol. The van der Waals surface area contributed by atoms with Gasteiger partial charge >= 0.3 is 5.97 Å². The topological polar surface area (TPSA) is 96.5 Å². The summed E-state index contributed by atoms with van der Waals surface area (Å²) >= 11 is 8.19. The fraction of sp³-hybridized carbons (Fsp3) is 0.111. The van der Waals surface area contributed by atoms with E-state index in [0.29, 0.717) is 26.8 Å². The molecule has 0 radical (unpaired) electrons. The van der Waals surface area contributed by atoms with Gasteiger partial charge in [0, 0.05) is 32.8 Å². The lowest BCUT2D eigenvalue weighted by Gasteiger charge is -2.18. The average molecular weight is 666 g/mol. The number of carbonyl (C=O) groups excluding carboxylic acids is 3. The molecule has 4 aromatic carbocycles. The van der Waals surface area contributed by atoms with Crippen molar-refractivity contribution < 1.29 is 19.1 Å². The van der Waals surface area contributed by atoms with Crippen LogP contribution in [0.3, 0.4) is 0 Å². The number of amides is 1. The highest BCUT2D eigenvalue weighted by Crippen LogP contribution is 2.40. The molecule has 1 aromatic heterocycles. The number of hydrogen-bond acceptors (Lipinski definition) is 7. The molecule has 1 atom stereocenters. The number of rotatable bonds is 10. The lowest BCUT2D eigenvalue weighted by molar-refractivity contribution is -0.115. The first-order valence-electron chi connectivity index (χ1n) is 14.3. The molecule has 5 rings (SSSR count). The van der Waals surface area contributed by atoms with Crippen LogP contribution in [0.15, 0.2) is 113 Å². The Morgan fingerprint density at radius 1 is 0.826 bits per heavy atom. The Balaban J connectivity index is 1.35. The Morgan fingerprint density at radius 2 is 1.52 bits per heavy atom. The Morgan fingerprint density at radius 3 is 2.20 bits per heavy atom. The number of carbonyl (C=O) groups is 3. The van der Waals surface area contributed by atoms with Crippen LogP contribution in [-0.2, 0) is 9.53 Å². The maximum Gasteiger partial charge on any atom is 0.341 e. The number of anilines is 3. The van der Waals surface area contributed by atoms with E-state index in [1.165, 1.54) is 37.1 Å². The number of benzene rings is 4. The van der Waals surface area contributed by atoms with Crippen LogP contribution in [-0.4, -0.2) is 29.9 Å². The van der Waals surface area contributed by atoms with Crippen molar-refractivity contribution in [3.63, 3.8) is 0 Å². The van der Waals surface area contributed by atoms with E-state index in [-0.39, 0.29) is 11.7 Å². The number of hydrogen-bond donors (Lipinski definition) is 3. The molecule has 0 aliphatic carbocycles. The molecule has 46 heavy (non-hydrogen) atoms. The van der Waals surface area contributed by atoms with Crippen molar-refractivity contribution in [2.75, 3.05) is 23.1 Å². The largest absolute Gasteiger partial charge is 0.465 e. The number of thiophene rings is 1. The summed E-state index contributed by atoms with van der Waals surface area (Å²) in [6.45, 7) is 3.52. The molecule has 1 amide bonds. The van der Waals surface area contributed by atoms with Crippen molar-refractivity contribution in [2.24, 2.45) is 0 Å². The van der Waals surface area contributed by atoms with Crippen LogP contribution in [0, 0.1) is 6.92 Å². The zero-order valence-corrected chi connectivity index (χ0v) is 27.8. The summed E-state index contributed by atoms with van der Waals surface area (Å²) in [6.07, 6.45) is 0. The highest BCUT2D eigenvalue weighted by molar-refractivity contribution is 8.00. The number of nitrogens with one attached hydrogen (secondary N) is 3. The molecular formula is C36H31N3O4S3. The summed E-state index contributed by atoms with van der Waals surface area (Å²) in [7, 11) is 1.33. The third-order valence-corrected chi connectivity index (χ3v) is 9.36. The highest BCUT2D eigenvalue weighted by Gasteiger charge is 2.27. The Labute approximate surface area is 281 Å². The van der Waals surface area contributed by atoms with Crippen LogP contribution < -0.4 is 16.0 Å². The number of ether oxygens (including phenoxy) is 1. The molecule has 3 N–H and O–H groups in total. The van der Waals surface area contributed by atoms with E-state index >= 15 is 0 Å². The fourth-order valence-electron chi connectivity index (χ4n) is 4.64. The Hall–Kier alpha value is -4.77. The maximum absolute atomic E-state index is 14.0. The van der Waals surface area contributed by atoms with Crippen molar-refractivity contribution in [3.8, 4) is 11.1 Å². The van der Waals surface area contributed by atoms with Gasteiger partial charge in [0.1, 0.15) is 15.8 Å². The van der Waals surface area contributed by atoms with Crippen molar-refractivity contribution in [3.05, 3.63) is 131 Å². The van der Waals surface area contributed by atoms with Gasteiger partial charge in [0.25, 0.3) is 0 Å². The molecule has 0 spiro atoms.